The van der Waals surface area contributed by atoms with Crippen LogP contribution in [0.2, 0.25) is 0 Å². The molecule has 1 aromatic rings. The summed E-state index contributed by atoms with van der Waals surface area (Å²) in [4.78, 5) is 2.60. The Balaban J connectivity index is 1.95. The van der Waals surface area contributed by atoms with Gasteiger partial charge in [0.05, 0.1) is 0 Å². The maximum atomic E-state index is 3.52. The SMILES string of the molecule is CCN(Cc1cc(C)ccc1C)CC1CCCNC1. The monoisotopic (exact) mass is 260 g/mol. The van der Waals surface area contributed by atoms with Gasteiger partial charge in [-0.25, -0.2) is 0 Å². The summed E-state index contributed by atoms with van der Waals surface area (Å²) in [5.41, 5.74) is 4.28. The molecule has 0 spiro atoms. The Hall–Kier alpha value is -0.860. The Morgan fingerprint density at radius 3 is 2.84 bits per heavy atom. The van der Waals surface area contributed by atoms with Crippen LogP contribution in [0.4, 0.5) is 0 Å². The molecule has 0 bridgehead atoms. The van der Waals surface area contributed by atoms with Crippen LogP contribution < -0.4 is 5.32 Å². The maximum absolute atomic E-state index is 3.52. The van der Waals surface area contributed by atoms with Gasteiger partial charge in [-0.1, -0.05) is 30.7 Å². The van der Waals surface area contributed by atoms with Gasteiger partial charge in [0, 0.05) is 13.1 Å². The van der Waals surface area contributed by atoms with Crippen LogP contribution in [-0.2, 0) is 6.54 Å². The van der Waals surface area contributed by atoms with Gasteiger partial charge in [0.1, 0.15) is 0 Å². The van der Waals surface area contributed by atoms with Crippen molar-refractivity contribution < 1.29 is 0 Å². The lowest BCUT2D eigenvalue weighted by molar-refractivity contribution is 0.209. The minimum atomic E-state index is 0.832. The van der Waals surface area contributed by atoms with E-state index in [4.69, 9.17) is 0 Å². The van der Waals surface area contributed by atoms with Crippen LogP contribution >= 0.6 is 0 Å². The summed E-state index contributed by atoms with van der Waals surface area (Å²) in [6, 6.07) is 6.80. The molecule has 0 saturated carbocycles. The molecule has 0 amide bonds. The van der Waals surface area contributed by atoms with Gasteiger partial charge in [-0.15, -0.1) is 0 Å². The Bertz CT molecular complexity index is 394. The summed E-state index contributed by atoms with van der Waals surface area (Å²) >= 11 is 0. The number of aryl methyl sites for hydroxylation is 2. The molecule has 1 aliphatic rings. The molecular formula is C17H28N2. The van der Waals surface area contributed by atoms with Gasteiger partial charge in [-0.2, -0.15) is 0 Å². The molecule has 2 heteroatoms. The molecule has 1 fully saturated rings. The highest BCUT2D eigenvalue weighted by atomic mass is 15.1. The molecule has 2 rings (SSSR count). The summed E-state index contributed by atoms with van der Waals surface area (Å²) in [5, 5.41) is 3.52. The average molecular weight is 260 g/mol. The number of rotatable bonds is 5. The molecule has 1 heterocycles. The first-order valence-electron chi connectivity index (χ1n) is 7.68. The molecular weight excluding hydrogens is 232 g/mol. The number of hydrogen-bond donors (Lipinski definition) is 1. The van der Waals surface area contributed by atoms with Gasteiger partial charge >= 0.3 is 0 Å². The van der Waals surface area contributed by atoms with E-state index in [1.807, 2.05) is 0 Å². The zero-order chi connectivity index (χ0) is 13.7. The standard InChI is InChI=1S/C17H28N2/c1-4-19(12-16-6-5-9-18-11-16)13-17-10-14(2)7-8-15(17)3/h7-8,10,16,18H,4-6,9,11-13H2,1-3H3. The number of benzene rings is 1. The van der Waals surface area contributed by atoms with E-state index in [0.29, 0.717) is 0 Å². The Morgan fingerprint density at radius 1 is 1.32 bits per heavy atom. The van der Waals surface area contributed by atoms with Gasteiger partial charge in [-0.3, -0.25) is 4.90 Å². The summed E-state index contributed by atoms with van der Waals surface area (Å²) in [7, 11) is 0. The zero-order valence-corrected chi connectivity index (χ0v) is 12.7. The average Bonchev–Trinajstić information content (AvgIpc) is 2.43. The van der Waals surface area contributed by atoms with Crippen LogP contribution in [0.15, 0.2) is 18.2 Å². The first-order chi connectivity index (χ1) is 9.19. The van der Waals surface area contributed by atoms with Gasteiger partial charge in [0.15, 0.2) is 0 Å². The lowest BCUT2D eigenvalue weighted by Gasteiger charge is -2.29. The predicted octanol–water partition coefficient (Wildman–Crippen LogP) is 3.12. The molecule has 0 aliphatic carbocycles. The first kappa shape index (κ1) is 14.5. The quantitative estimate of drug-likeness (QED) is 0.875. The fraction of sp³-hybridized carbons (Fsp3) is 0.647. The summed E-state index contributed by atoms with van der Waals surface area (Å²) in [5.74, 6) is 0.832. The number of nitrogens with one attached hydrogen (secondary N) is 1. The van der Waals surface area contributed by atoms with E-state index >= 15 is 0 Å². The zero-order valence-electron chi connectivity index (χ0n) is 12.7. The minimum Gasteiger partial charge on any atom is -0.316 e. The van der Waals surface area contributed by atoms with Crippen LogP contribution in [0.5, 0.6) is 0 Å². The molecule has 1 saturated heterocycles. The minimum absolute atomic E-state index is 0.832. The van der Waals surface area contributed by atoms with E-state index in [2.05, 4.69) is 49.2 Å². The topological polar surface area (TPSA) is 15.3 Å². The second-order valence-corrected chi connectivity index (χ2v) is 5.97. The van der Waals surface area contributed by atoms with Crippen LogP contribution in [0, 0.1) is 19.8 Å². The largest absolute Gasteiger partial charge is 0.316 e. The highest BCUT2D eigenvalue weighted by Crippen LogP contribution is 2.16. The lowest BCUT2D eigenvalue weighted by atomic mass is 9.98. The number of hydrogen-bond acceptors (Lipinski definition) is 2. The van der Waals surface area contributed by atoms with Crippen molar-refractivity contribution in [3.05, 3.63) is 34.9 Å². The normalized spacial score (nSPS) is 19.9. The number of piperidine rings is 1. The van der Waals surface area contributed by atoms with Gasteiger partial charge < -0.3 is 5.32 Å². The Morgan fingerprint density at radius 2 is 2.16 bits per heavy atom. The molecule has 2 nitrogen and oxygen atoms in total. The molecule has 1 unspecified atom stereocenters. The third-order valence-corrected chi connectivity index (χ3v) is 4.26. The fourth-order valence-electron chi connectivity index (χ4n) is 2.96. The second kappa shape index (κ2) is 7.06. The summed E-state index contributed by atoms with van der Waals surface area (Å²) in [6.45, 7) is 12.6. The molecule has 19 heavy (non-hydrogen) atoms. The van der Waals surface area contributed by atoms with E-state index in [-0.39, 0.29) is 0 Å². The Kier molecular flexibility index (Phi) is 5.41. The van der Waals surface area contributed by atoms with E-state index < -0.39 is 0 Å². The Labute approximate surface area is 118 Å². The van der Waals surface area contributed by atoms with E-state index in [1.54, 1.807) is 0 Å². The summed E-state index contributed by atoms with van der Waals surface area (Å²) in [6.07, 6.45) is 2.72. The van der Waals surface area contributed by atoms with Crippen molar-refractivity contribution in [1.29, 1.82) is 0 Å². The number of nitrogens with zero attached hydrogens (tertiary/aromatic N) is 1. The van der Waals surface area contributed by atoms with Crippen LogP contribution in [-0.4, -0.2) is 31.1 Å². The van der Waals surface area contributed by atoms with E-state index in [9.17, 15) is 0 Å². The van der Waals surface area contributed by atoms with Crippen molar-refractivity contribution in [2.24, 2.45) is 5.92 Å². The third-order valence-electron chi connectivity index (χ3n) is 4.26. The summed E-state index contributed by atoms with van der Waals surface area (Å²) < 4.78 is 0. The third kappa shape index (κ3) is 4.32. The fourth-order valence-corrected chi connectivity index (χ4v) is 2.96. The molecule has 1 atom stereocenters. The predicted molar refractivity (Wildman–Crippen MR) is 82.5 cm³/mol. The second-order valence-electron chi connectivity index (χ2n) is 5.97. The van der Waals surface area contributed by atoms with Crippen molar-refractivity contribution in [1.82, 2.24) is 10.2 Å². The highest BCUT2D eigenvalue weighted by molar-refractivity contribution is 5.30. The molecule has 1 aliphatic heterocycles. The van der Waals surface area contributed by atoms with Gasteiger partial charge in [0.2, 0.25) is 0 Å². The van der Waals surface area contributed by atoms with E-state index in [0.717, 1.165) is 19.0 Å². The van der Waals surface area contributed by atoms with Crippen LogP contribution in [0.25, 0.3) is 0 Å². The van der Waals surface area contributed by atoms with E-state index in [1.165, 1.54) is 49.2 Å². The first-order valence-corrected chi connectivity index (χ1v) is 7.68. The van der Waals surface area contributed by atoms with Crippen LogP contribution in [0.3, 0.4) is 0 Å². The molecule has 0 aromatic heterocycles. The molecule has 1 N–H and O–H groups in total. The van der Waals surface area contributed by atoms with Gasteiger partial charge in [0.25, 0.3) is 0 Å². The van der Waals surface area contributed by atoms with Crippen LogP contribution in [0.1, 0.15) is 36.5 Å². The molecule has 1 aromatic carbocycles. The molecule has 0 radical (unpaired) electrons. The maximum Gasteiger partial charge on any atom is 0.0236 e. The van der Waals surface area contributed by atoms with Crippen molar-refractivity contribution in [3.63, 3.8) is 0 Å². The van der Waals surface area contributed by atoms with Crippen molar-refractivity contribution in [3.8, 4) is 0 Å². The molecule has 106 valence electrons. The highest BCUT2D eigenvalue weighted by Gasteiger charge is 2.16. The van der Waals surface area contributed by atoms with Crippen molar-refractivity contribution >= 4 is 0 Å². The lowest BCUT2D eigenvalue weighted by Crippen LogP contribution is -2.38. The van der Waals surface area contributed by atoms with Crippen molar-refractivity contribution in [2.45, 2.75) is 40.2 Å². The van der Waals surface area contributed by atoms with Gasteiger partial charge in [-0.05, 0) is 63.4 Å². The van der Waals surface area contributed by atoms with Crippen molar-refractivity contribution in [2.75, 3.05) is 26.2 Å². The smallest absolute Gasteiger partial charge is 0.0236 e.